The van der Waals surface area contributed by atoms with Crippen LogP contribution in [0.5, 0.6) is 11.5 Å². The molecule has 7 nitrogen and oxygen atoms in total. The molecule has 0 amide bonds. The van der Waals surface area contributed by atoms with Crippen LogP contribution in [0.15, 0.2) is 99.9 Å². The zero-order valence-electron chi connectivity index (χ0n) is 21.9. The van der Waals surface area contributed by atoms with Crippen LogP contribution in [0.4, 0.5) is 0 Å². The number of rotatable bonds is 8. The van der Waals surface area contributed by atoms with Crippen molar-refractivity contribution < 1.29 is 19.0 Å². The van der Waals surface area contributed by atoms with Gasteiger partial charge in [0.2, 0.25) is 0 Å². The Kier molecular flexibility index (Phi) is 7.74. The monoisotopic (exact) mass is 540 g/mol. The molecular formula is C31H28N2O5S. The fourth-order valence-electron chi connectivity index (χ4n) is 4.50. The van der Waals surface area contributed by atoms with Crippen molar-refractivity contribution in [3.05, 3.63) is 127 Å². The number of aromatic nitrogens is 1. The molecule has 0 saturated carbocycles. The molecule has 0 unspecified atom stereocenters. The lowest BCUT2D eigenvalue weighted by Crippen LogP contribution is -2.39. The second kappa shape index (κ2) is 11.5. The lowest BCUT2D eigenvalue weighted by Gasteiger charge is -2.24. The number of ether oxygens (including phenoxy) is 3. The number of para-hydroxylation sites is 1. The number of allylic oxidation sites excluding steroid dienone is 1. The van der Waals surface area contributed by atoms with Crippen molar-refractivity contribution in [1.82, 2.24) is 4.57 Å². The summed E-state index contributed by atoms with van der Waals surface area (Å²) in [5.41, 5.74) is 3.20. The molecule has 0 bridgehead atoms. The quantitative estimate of drug-likeness (QED) is 0.310. The standard InChI is InChI=1S/C31H28N2O5S/c1-4-37-30(35)27-20(2)32-31-33(28(27)22-14-16-24(36-3)17-15-22)29(34)26(39-31)18-23-12-8-9-13-25(23)38-19-21-10-6-5-7-11-21/h5-18,28H,4,19H2,1-3H3/b26-18-/t28-/m1/s1. The maximum atomic E-state index is 13.9. The molecule has 2 heterocycles. The van der Waals surface area contributed by atoms with E-state index in [9.17, 15) is 9.59 Å². The fraction of sp³-hybridized carbons (Fsp3) is 0.194. The van der Waals surface area contributed by atoms with Crippen LogP contribution in [0.2, 0.25) is 0 Å². The predicted octanol–water partition coefficient (Wildman–Crippen LogP) is 4.39. The Labute approximate surface area is 229 Å². The fourth-order valence-corrected chi connectivity index (χ4v) is 5.54. The molecular weight excluding hydrogens is 512 g/mol. The van der Waals surface area contributed by atoms with Crippen LogP contribution in [0.1, 0.15) is 36.6 Å². The number of esters is 1. The third kappa shape index (κ3) is 5.42. The van der Waals surface area contributed by atoms with Gasteiger partial charge in [-0.3, -0.25) is 9.36 Å². The predicted molar refractivity (Wildman–Crippen MR) is 151 cm³/mol. The zero-order chi connectivity index (χ0) is 27.4. The summed E-state index contributed by atoms with van der Waals surface area (Å²) in [4.78, 5) is 32.1. The van der Waals surface area contributed by atoms with Crippen LogP contribution in [0, 0.1) is 0 Å². The Balaban J connectivity index is 1.60. The normalized spacial score (nSPS) is 14.9. The molecule has 0 fully saturated rings. The van der Waals surface area contributed by atoms with Crippen molar-refractivity contribution in [2.45, 2.75) is 26.5 Å². The van der Waals surface area contributed by atoms with E-state index in [1.165, 1.54) is 11.3 Å². The molecule has 198 valence electrons. The molecule has 0 aliphatic carbocycles. The summed E-state index contributed by atoms with van der Waals surface area (Å²) in [7, 11) is 1.59. The van der Waals surface area contributed by atoms with Crippen LogP contribution in [0.25, 0.3) is 6.08 Å². The topological polar surface area (TPSA) is 79.1 Å². The first-order valence-corrected chi connectivity index (χ1v) is 13.4. The molecule has 0 N–H and O–H groups in total. The molecule has 0 saturated heterocycles. The van der Waals surface area contributed by atoms with E-state index >= 15 is 0 Å². The van der Waals surface area contributed by atoms with Gasteiger partial charge < -0.3 is 14.2 Å². The Morgan fingerprint density at radius 2 is 1.74 bits per heavy atom. The van der Waals surface area contributed by atoms with Crippen LogP contribution in [-0.2, 0) is 16.1 Å². The first-order chi connectivity index (χ1) is 19.0. The SMILES string of the molecule is CCOC(=O)C1=C(C)N=c2s/c(=C\c3ccccc3OCc3ccccc3)c(=O)n2[C@@H]1c1ccc(OC)cc1. The number of nitrogens with zero attached hydrogens (tertiary/aromatic N) is 2. The highest BCUT2D eigenvalue weighted by molar-refractivity contribution is 7.07. The van der Waals surface area contributed by atoms with E-state index < -0.39 is 12.0 Å². The van der Waals surface area contributed by atoms with E-state index in [1.807, 2.05) is 84.9 Å². The van der Waals surface area contributed by atoms with Crippen molar-refractivity contribution in [1.29, 1.82) is 0 Å². The van der Waals surface area contributed by atoms with Crippen molar-refractivity contribution in [2.24, 2.45) is 4.99 Å². The Morgan fingerprint density at radius 3 is 2.46 bits per heavy atom. The zero-order valence-corrected chi connectivity index (χ0v) is 22.7. The Hall–Kier alpha value is -4.43. The van der Waals surface area contributed by atoms with Crippen LogP contribution >= 0.6 is 11.3 Å². The number of methoxy groups -OCH3 is 1. The third-order valence-corrected chi connectivity index (χ3v) is 7.37. The van der Waals surface area contributed by atoms with Gasteiger partial charge in [0.05, 0.1) is 35.6 Å². The van der Waals surface area contributed by atoms with E-state index in [4.69, 9.17) is 14.2 Å². The average Bonchev–Trinajstić information content (AvgIpc) is 3.26. The van der Waals surface area contributed by atoms with Gasteiger partial charge in [0.15, 0.2) is 4.80 Å². The minimum atomic E-state index is -0.682. The van der Waals surface area contributed by atoms with Gasteiger partial charge in [0, 0.05) is 5.56 Å². The largest absolute Gasteiger partial charge is 0.497 e. The molecule has 1 aliphatic heterocycles. The Bertz CT molecular complexity index is 1700. The van der Waals surface area contributed by atoms with Crippen LogP contribution in [0.3, 0.4) is 0 Å². The molecule has 4 aromatic rings. The molecule has 0 radical (unpaired) electrons. The summed E-state index contributed by atoms with van der Waals surface area (Å²) in [5.74, 6) is 0.854. The van der Waals surface area contributed by atoms with Crippen LogP contribution < -0.4 is 24.4 Å². The molecule has 1 atom stereocenters. The highest BCUT2D eigenvalue weighted by Crippen LogP contribution is 2.31. The molecule has 1 aliphatic rings. The van der Waals surface area contributed by atoms with Crippen LogP contribution in [-0.4, -0.2) is 24.3 Å². The highest BCUT2D eigenvalue weighted by atomic mass is 32.1. The molecule has 39 heavy (non-hydrogen) atoms. The van der Waals surface area contributed by atoms with Gasteiger partial charge in [0.25, 0.3) is 5.56 Å². The minimum Gasteiger partial charge on any atom is -0.497 e. The van der Waals surface area contributed by atoms with Gasteiger partial charge in [-0.25, -0.2) is 9.79 Å². The maximum Gasteiger partial charge on any atom is 0.338 e. The minimum absolute atomic E-state index is 0.217. The van der Waals surface area contributed by atoms with E-state index in [2.05, 4.69) is 4.99 Å². The first kappa shape index (κ1) is 26.2. The lowest BCUT2D eigenvalue weighted by molar-refractivity contribution is -0.139. The van der Waals surface area contributed by atoms with Gasteiger partial charge in [-0.2, -0.15) is 0 Å². The van der Waals surface area contributed by atoms with E-state index in [0.717, 1.165) is 16.7 Å². The summed E-state index contributed by atoms with van der Waals surface area (Å²) in [6.07, 6.45) is 1.82. The van der Waals surface area contributed by atoms with Crippen molar-refractivity contribution in [3.63, 3.8) is 0 Å². The number of thiazole rings is 1. The number of benzene rings is 3. The number of fused-ring (bicyclic) bond motifs is 1. The second-order valence-corrected chi connectivity index (χ2v) is 9.90. The van der Waals surface area contributed by atoms with Gasteiger partial charge in [-0.1, -0.05) is 72.0 Å². The summed E-state index contributed by atoms with van der Waals surface area (Å²) in [6, 6.07) is 24.2. The summed E-state index contributed by atoms with van der Waals surface area (Å²) < 4.78 is 18.8. The van der Waals surface area contributed by atoms with E-state index in [0.29, 0.717) is 38.7 Å². The molecule has 1 aromatic heterocycles. The molecule has 5 rings (SSSR count). The van der Waals surface area contributed by atoms with E-state index in [-0.39, 0.29) is 12.2 Å². The molecule has 0 spiro atoms. The average molecular weight is 541 g/mol. The van der Waals surface area contributed by atoms with Gasteiger partial charge in [-0.15, -0.1) is 0 Å². The van der Waals surface area contributed by atoms with Crippen molar-refractivity contribution in [2.75, 3.05) is 13.7 Å². The second-order valence-electron chi connectivity index (χ2n) is 8.89. The molecule has 8 heteroatoms. The maximum absolute atomic E-state index is 13.9. The van der Waals surface area contributed by atoms with Gasteiger partial charge in [-0.05, 0) is 49.2 Å². The summed E-state index contributed by atoms with van der Waals surface area (Å²) in [5, 5.41) is 0. The highest BCUT2D eigenvalue weighted by Gasteiger charge is 2.33. The Morgan fingerprint density at radius 1 is 1.03 bits per heavy atom. The molecule has 3 aromatic carbocycles. The third-order valence-electron chi connectivity index (χ3n) is 6.39. The van der Waals surface area contributed by atoms with E-state index in [1.54, 1.807) is 25.5 Å². The first-order valence-electron chi connectivity index (χ1n) is 12.6. The lowest BCUT2D eigenvalue weighted by atomic mass is 9.96. The smallest absolute Gasteiger partial charge is 0.338 e. The number of hydrogen-bond acceptors (Lipinski definition) is 7. The summed E-state index contributed by atoms with van der Waals surface area (Å²) in [6.45, 7) is 4.15. The van der Waals surface area contributed by atoms with Crippen molar-refractivity contribution in [3.8, 4) is 11.5 Å². The number of carbonyl (C=O) groups is 1. The van der Waals surface area contributed by atoms with Crippen molar-refractivity contribution >= 4 is 23.4 Å². The van der Waals surface area contributed by atoms with Gasteiger partial charge >= 0.3 is 5.97 Å². The number of carbonyl (C=O) groups excluding carboxylic acids is 1. The number of hydrogen-bond donors (Lipinski definition) is 0. The van der Waals surface area contributed by atoms with Gasteiger partial charge in [0.1, 0.15) is 18.1 Å². The summed E-state index contributed by atoms with van der Waals surface area (Å²) >= 11 is 1.28.